The zero-order valence-electron chi connectivity index (χ0n) is 11.6. The highest BCUT2D eigenvalue weighted by Gasteiger charge is 2.00. The zero-order chi connectivity index (χ0) is 13.8. The van der Waals surface area contributed by atoms with E-state index in [0.29, 0.717) is 46.1 Å². The first kappa shape index (κ1) is 16.0. The highest BCUT2D eigenvalue weighted by atomic mass is 16.5. The maximum Gasteiger partial charge on any atom is 0.0827 e. The lowest BCUT2D eigenvalue weighted by atomic mass is 10.2. The first-order valence-electron chi connectivity index (χ1n) is 6.60. The first-order valence-corrected chi connectivity index (χ1v) is 6.60. The lowest BCUT2D eigenvalue weighted by molar-refractivity contribution is 0.0224. The monoisotopic (exact) mass is 272 g/mol. The Morgan fingerprint density at radius 1 is 1.16 bits per heavy atom. The van der Waals surface area contributed by atoms with Crippen molar-refractivity contribution in [3.8, 4) is 0 Å². The van der Waals surface area contributed by atoms with Gasteiger partial charge in [-0.15, -0.1) is 5.10 Å². The van der Waals surface area contributed by atoms with Gasteiger partial charge in [0.15, 0.2) is 0 Å². The molecule has 0 aliphatic heterocycles. The normalized spacial score (nSPS) is 11.1. The number of rotatable bonds is 12. The number of nitrogens with zero attached hydrogens (tertiary/aromatic N) is 3. The molecular formula is C12H24N4O3. The lowest BCUT2D eigenvalue weighted by Gasteiger charge is -2.05. The summed E-state index contributed by atoms with van der Waals surface area (Å²) in [6.07, 6.45) is 3.76. The second-order valence-electron chi connectivity index (χ2n) is 4.08. The summed E-state index contributed by atoms with van der Waals surface area (Å²) in [4.78, 5) is 0. The molecule has 7 heteroatoms. The minimum Gasteiger partial charge on any atom is -0.382 e. The first-order chi connectivity index (χ1) is 9.36. The topological polar surface area (TPSA) is 84.4 Å². The van der Waals surface area contributed by atoms with Gasteiger partial charge in [0.05, 0.1) is 45.3 Å². The van der Waals surface area contributed by atoms with E-state index in [0.717, 1.165) is 18.5 Å². The molecule has 1 rings (SSSR count). The van der Waals surface area contributed by atoms with Crippen molar-refractivity contribution in [2.45, 2.75) is 19.4 Å². The van der Waals surface area contributed by atoms with E-state index in [1.165, 1.54) is 0 Å². The van der Waals surface area contributed by atoms with Gasteiger partial charge in [-0.25, -0.2) is 4.68 Å². The number of ether oxygens (including phenoxy) is 3. The summed E-state index contributed by atoms with van der Waals surface area (Å²) in [5, 5.41) is 8.09. The molecule has 0 spiro atoms. The SMILES string of the molecule is COCCOCCOCCn1cc(CCCN)nn1. The molecule has 1 aromatic heterocycles. The third-order valence-electron chi connectivity index (χ3n) is 2.49. The Balaban J connectivity index is 1.98. The van der Waals surface area contributed by atoms with Crippen LogP contribution >= 0.6 is 0 Å². The molecule has 1 heterocycles. The third-order valence-corrected chi connectivity index (χ3v) is 2.49. The fraction of sp³-hybridized carbons (Fsp3) is 0.833. The molecule has 19 heavy (non-hydrogen) atoms. The Morgan fingerprint density at radius 3 is 2.63 bits per heavy atom. The molecule has 7 nitrogen and oxygen atoms in total. The molecule has 0 unspecified atom stereocenters. The van der Waals surface area contributed by atoms with Crippen molar-refractivity contribution < 1.29 is 14.2 Å². The minimum atomic E-state index is 0.582. The van der Waals surface area contributed by atoms with Crippen LogP contribution in [0.5, 0.6) is 0 Å². The molecule has 110 valence electrons. The lowest BCUT2D eigenvalue weighted by Crippen LogP contribution is -2.12. The molecule has 2 N–H and O–H groups in total. The van der Waals surface area contributed by atoms with E-state index < -0.39 is 0 Å². The number of aromatic nitrogens is 3. The van der Waals surface area contributed by atoms with Crippen LogP contribution in [0.3, 0.4) is 0 Å². The van der Waals surface area contributed by atoms with E-state index in [2.05, 4.69) is 10.3 Å². The van der Waals surface area contributed by atoms with Crippen molar-refractivity contribution in [1.82, 2.24) is 15.0 Å². The van der Waals surface area contributed by atoms with Crippen LogP contribution in [0.4, 0.5) is 0 Å². The molecule has 0 atom stereocenters. The standard InChI is InChI=1S/C12H24N4O3/c1-17-7-8-19-10-9-18-6-5-16-11-12(14-15-16)3-2-4-13/h11H,2-10,13H2,1H3. The van der Waals surface area contributed by atoms with Gasteiger partial charge >= 0.3 is 0 Å². The van der Waals surface area contributed by atoms with Gasteiger partial charge in [0.1, 0.15) is 0 Å². The smallest absolute Gasteiger partial charge is 0.0827 e. The van der Waals surface area contributed by atoms with Crippen molar-refractivity contribution in [2.75, 3.05) is 46.7 Å². The van der Waals surface area contributed by atoms with Gasteiger partial charge in [-0.1, -0.05) is 5.21 Å². The minimum absolute atomic E-state index is 0.582. The Bertz CT molecular complexity index is 320. The number of hydrogen-bond acceptors (Lipinski definition) is 6. The molecule has 0 saturated heterocycles. The van der Waals surface area contributed by atoms with Crippen molar-refractivity contribution in [3.05, 3.63) is 11.9 Å². The van der Waals surface area contributed by atoms with Gasteiger partial charge in [-0.2, -0.15) is 0 Å². The van der Waals surface area contributed by atoms with Gasteiger partial charge in [-0.3, -0.25) is 0 Å². The molecule has 0 aromatic carbocycles. The van der Waals surface area contributed by atoms with E-state index in [-0.39, 0.29) is 0 Å². The van der Waals surface area contributed by atoms with Crippen LogP contribution in [0.2, 0.25) is 0 Å². The van der Waals surface area contributed by atoms with Gasteiger partial charge in [0.2, 0.25) is 0 Å². The van der Waals surface area contributed by atoms with Crippen molar-refractivity contribution >= 4 is 0 Å². The number of nitrogens with two attached hydrogens (primary N) is 1. The predicted molar refractivity (Wildman–Crippen MR) is 70.9 cm³/mol. The molecule has 0 saturated carbocycles. The summed E-state index contributed by atoms with van der Waals surface area (Å²) in [5.41, 5.74) is 6.43. The summed E-state index contributed by atoms with van der Waals surface area (Å²) in [6.45, 7) is 4.37. The van der Waals surface area contributed by atoms with E-state index in [1.54, 1.807) is 11.8 Å². The van der Waals surface area contributed by atoms with Crippen LogP contribution in [0.15, 0.2) is 6.20 Å². The Kier molecular flexibility index (Phi) is 9.17. The predicted octanol–water partition coefficient (Wildman–Crippen LogP) is -0.151. The van der Waals surface area contributed by atoms with Crippen molar-refractivity contribution in [1.29, 1.82) is 0 Å². The average Bonchev–Trinajstić information content (AvgIpc) is 2.87. The number of hydrogen-bond donors (Lipinski definition) is 1. The fourth-order valence-corrected chi connectivity index (χ4v) is 1.47. The van der Waals surface area contributed by atoms with E-state index in [4.69, 9.17) is 19.9 Å². The van der Waals surface area contributed by atoms with Crippen LogP contribution in [0.25, 0.3) is 0 Å². The van der Waals surface area contributed by atoms with Crippen LogP contribution in [0.1, 0.15) is 12.1 Å². The molecule has 0 bridgehead atoms. The Hall–Kier alpha value is -1.02. The van der Waals surface area contributed by atoms with Crippen molar-refractivity contribution in [2.24, 2.45) is 5.73 Å². The third kappa shape index (κ3) is 7.89. The van der Waals surface area contributed by atoms with Crippen LogP contribution < -0.4 is 5.73 Å². The Morgan fingerprint density at radius 2 is 1.89 bits per heavy atom. The molecule has 0 aliphatic rings. The molecule has 0 aliphatic carbocycles. The molecule has 0 radical (unpaired) electrons. The average molecular weight is 272 g/mol. The summed E-state index contributed by atoms with van der Waals surface area (Å²) in [5.74, 6) is 0. The maximum absolute atomic E-state index is 5.45. The molecule has 0 fully saturated rings. The molecule has 0 amide bonds. The van der Waals surface area contributed by atoms with Gasteiger partial charge in [-0.05, 0) is 19.4 Å². The number of aryl methyl sites for hydroxylation is 1. The molecular weight excluding hydrogens is 248 g/mol. The quantitative estimate of drug-likeness (QED) is 0.533. The fourth-order valence-electron chi connectivity index (χ4n) is 1.47. The summed E-state index contributed by atoms with van der Waals surface area (Å²) in [6, 6.07) is 0. The summed E-state index contributed by atoms with van der Waals surface area (Å²) >= 11 is 0. The highest BCUT2D eigenvalue weighted by molar-refractivity contribution is 4.92. The van der Waals surface area contributed by atoms with Crippen LogP contribution in [0, 0.1) is 0 Å². The summed E-state index contributed by atoms with van der Waals surface area (Å²) < 4.78 is 17.4. The zero-order valence-corrected chi connectivity index (χ0v) is 11.6. The largest absolute Gasteiger partial charge is 0.382 e. The van der Waals surface area contributed by atoms with Gasteiger partial charge in [0.25, 0.3) is 0 Å². The highest BCUT2D eigenvalue weighted by Crippen LogP contribution is 1.97. The van der Waals surface area contributed by atoms with Crippen LogP contribution in [-0.4, -0.2) is 61.7 Å². The van der Waals surface area contributed by atoms with Crippen molar-refractivity contribution in [3.63, 3.8) is 0 Å². The second-order valence-corrected chi connectivity index (χ2v) is 4.08. The second kappa shape index (κ2) is 10.9. The maximum atomic E-state index is 5.45. The summed E-state index contributed by atoms with van der Waals surface area (Å²) in [7, 11) is 1.65. The number of methoxy groups -OCH3 is 1. The van der Waals surface area contributed by atoms with Gasteiger partial charge in [0, 0.05) is 13.3 Å². The van der Waals surface area contributed by atoms with E-state index in [1.807, 2.05) is 6.20 Å². The van der Waals surface area contributed by atoms with E-state index in [9.17, 15) is 0 Å². The van der Waals surface area contributed by atoms with Gasteiger partial charge < -0.3 is 19.9 Å². The van der Waals surface area contributed by atoms with E-state index >= 15 is 0 Å². The Labute approximate surface area is 114 Å². The molecule has 1 aromatic rings. The van der Waals surface area contributed by atoms with Crippen LogP contribution in [-0.2, 0) is 27.2 Å².